The molecule has 140 valence electrons. The minimum Gasteiger partial charge on any atom is -0.478 e. The largest absolute Gasteiger partial charge is 0.478 e. The highest BCUT2D eigenvalue weighted by Crippen LogP contribution is 2.42. The molecule has 1 saturated carbocycles. The number of nitrogens with zero attached hydrogens (tertiary/aromatic N) is 2. The predicted octanol–water partition coefficient (Wildman–Crippen LogP) is 3.76. The summed E-state index contributed by atoms with van der Waals surface area (Å²) < 4.78 is 7.43. The number of rotatable bonds is 4. The first-order valence-corrected chi connectivity index (χ1v) is 9.49. The second-order valence-corrected chi connectivity index (χ2v) is 7.58. The summed E-state index contributed by atoms with van der Waals surface area (Å²) >= 11 is 0. The van der Waals surface area contributed by atoms with Crippen LogP contribution in [0.2, 0.25) is 0 Å². The number of hydrogen-bond donors (Lipinski definition) is 1. The second kappa shape index (κ2) is 6.22. The van der Waals surface area contributed by atoms with Gasteiger partial charge in [0, 0.05) is 10.9 Å². The monoisotopic (exact) mass is 372 g/mol. The first kappa shape index (κ1) is 17.0. The van der Waals surface area contributed by atoms with Gasteiger partial charge in [0.25, 0.3) is 0 Å². The molecule has 0 spiro atoms. The molecule has 0 atom stereocenters. The van der Waals surface area contributed by atoms with E-state index in [1.165, 1.54) is 18.4 Å². The molecule has 5 rings (SSSR count). The molecule has 0 bridgehead atoms. The molecule has 2 aliphatic rings. The fraction of sp³-hybridized carbons (Fsp3) is 0.304. The zero-order chi connectivity index (χ0) is 19.3. The number of hydrogen-bond acceptors (Lipinski definition) is 3. The lowest BCUT2D eigenvalue weighted by atomic mass is 9.86. The minimum atomic E-state index is -0.970. The molecule has 2 aromatic carbocycles. The van der Waals surface area contributed by atoms with Gasteiger partial charge in [-0.1, -0.05) is 30.2 Å². The predicted molar refractivity (Wildman–Crippen MR) is 106 cm³/mol. The van der Waals surface area contributed by atoms with Crippen molar-refractivity contribution in [2.24, 2.45) is 0 Å². The molecule has 0 unspecified atom stereocenters. The van der Waals surface area contributed by atoms with Gasteiger partial charge in [0.2, 0.25) is 0 Å². The smallest absolute Gasteiger partial charge is 0.337 e. The number of carboxylic acid groups (broad SMARTS) is 1. The van der Waals surface area contributed by atoms with Crippen molar-refractivity contribution in [2.45, 2.75) is 31.2 Å². The third kappa shape index (κ3) is 2.45. The Morgan fingerprint density at radius 3 is 2.54 bits per heavy atom. The number of benzene rings is 2. The van der Waals surface area contributed by atoms with Crippen molar-refractivity contribution in [2.75, 3.05) is 13.2 Å². The van der Waals surface area contributed by atoms with Crippen LogP contribution in [0.4, 0.5) is 0 Å². The number of aromatic carboxylic acids is 1. The lowest BCUT2D eigenvalue weighted by molar-refractivity contribution is -0.0800. The van der Waals surface area contributed by atoms with Gasteiger partial charge in [0.15, 0.2) is 0 Å². The van der Waals surface area contributed by atoms with Crippen LogP contribution in [0, 0.1) is 11.8 Å². The van der Waals surface area contributed by atoms with Crippen molar-refractivity contribution in [3.63, 3.8) is 0 Å². The quantitative estimate of drug-likeness (QED) is 0.709. The summed E-state index contributed by atoms with van der Waals surface area (Å²) in [6.07, 6.45) is 4.25. The van der Waals surface area contributed by atoms with E-state index in [1.807, 2.05) is 4.68 Å². The third-order valence-electron chi connectivity index (χ3n) is 5.81. The molecule has 2 heterocycles. The molecule has 1 saturated heterocycles. The second-order valence-electron chi connectivity index (χ2n) is 7.58. The Hall–Kier alpha value is -3.10. The van der Waals surface area contributed by atoms with Crippen LogP contribution in [0.15, 0.2) is 42.6 Å². The average molecular weight is 372 g/mol. The summed E-state index contributed by atoms with van der Waals surface area (Å²) in [6.45, 7) is 2.70. The van der Waals surface area contributed by atoms with Gasteiger partial charge in [-0.05, 0) is 48.9 Å². The first-order chi connectivity index (χ1) is 13.6. The number of carboxylic acids is 1. The summed E-state index contributed by atoms with van der Waals surface area (Å²) in [4.78, 5) is 11.9. The van der Waals surface area contributed by atoms with E-state index in [2.05, 4.69) is 41.2 Å². The van der Waals surface area contributed by atoms with Gasteiger partial charge < -0.3 is 9.84 Å². The molecule has 1 aromatic heterocycles. The maximum Gasteiger partial charge on any atom is 0.337 e. The van der Waals surface area contributed by atoms with Gasteiger partial charge in [0.05, 0.1) is 30.5 Å². The Kier molecular flexibility index (Phi) is 3.78. The minimum absolute atomic E-state index is 0.232. The van der Waals surface area contributed by atoms with E-state index in [1.54, 1.807) is 25.3 Å². The van der Waals surface area contributed by atoms with Gasteiger partial charge in [-0.15, -0.1) is 5.92 Å². The van der Waals surface area contributed by atoms with Gasteiger partial charge in [-0.3, -0.25) is 0 Å². The van der Waals surface area contributed by atoms with Crippen LogP contribution in [-0.4, -0.2) is 34.1 Å². The van der Waals surface area contributed by atoms with Crippen LogP contribution >= 0.6 is 0 Å². The molecule has 0 amide bonds. The standard InChI is InChI=1S/C23H20N2O3/c1-2-3-17-8-11-19(22(26)27)21-20(17)12-24-25(21)23(13-28-14-23)18-9-6-16(7-10-18)15-4-5-15/h6-12,15H,4-5,13-14H2,1H3,(H,26,27). The average Bonchev–Trinajstić information content (AvgIpc) is 3.42. The van der Waals surface area contributed by atoms with Crippen molar-refractivity contribution in [1.82, 2.24) is 9.78 Å². The molecule has 3 aromatic rings. The number of fused-ring (bicyclic) bond motifs is 1. The number of carbonyl (C=O) groups is 1. The van der Waals surface area contributed by atoms with Crippen molar-refractivity contribution in [1.29, 1.82) is 0 Å². The lowest BCUT2D eigenvalue weighted by Crippen LogP contribution is -2.53. The molecule has 5 nitrogen and oxygen atoms in total. The highest BCUT2D eigenvalue weighted by molar-refractivity contribution is 6.04. The Bertz CT molecular complexity index is 1140. The van der Waals surface area contributed by atoms with Gasteiger partial charge in [0.1, 0.15) is 5.54 Å². The van der Waals surface area contributed by atoms with E-state index >= 15 is 0 Å². The van der Waals surface area contributed by atoms with Crippen LogP contribution in [0.3, 0.4) is 0 Å². The lowest BCUT2D eigenvalue weighted by Gasteiger charge is -2.42. The highest BCUT2D eigenvalue weighted by atomic mass is 16.5. The molecule has 1 N–H and O–H groups in total. The maximum absolute atomic E-state index is 11.9. The summed E-state index contributed by atoms with van der Waals surface area (Å²) in [5, 5.41) is 15.2. The molecular weight excluding hydrogens is 352 g/mol. The van der Waals surface area contributed by atoms with Crippen LogP contribution < -0.4 is 0 Å². The summed E-state index contributed by atoms with van der Waals surface area (Å²) in [6, 6.07) is 12.0. The number of aromatic nitrogens is 2. The fourth-order valence-electron chi connectivity index (χ4n) is 4.07. The SMILES string of the molecule is CC#Cc1ccc(C(=O)O)c2c1cnn2C1(c2ccc(C3CC3)cc2)COC1. The van der Waals surface area contributed by atoms with E-state index in [-0.39, 0.29) is 5.56 Å². The van der Waals surface area contributed by atoms with Crippen LogP contribution in [0.1, 0.15) is 52.7 Å². The van der Waals surface area contributed by atoms with Crippen molar-refractivity contribution < 1.29 is 14.6 Å². The normalized spacial score (nSPS) is 17.6. The Morgan fingerprint density at radius 2 is 1.96 bits per heavy atom. The summed E-state index contributed by atoms with van der Waals surface area (Å²) in [7, 11) is 0. The third-order valence-corrected chi connectivity index (χ3v) is 5.81. The molecule has 2 fully saturated rings. The zero-order valence-electron chi connectivity index (χ0n) is 15.6. The van der Waals surface area contributed by atoms with Crippen molar-refractivity contribution >= 4 is 16.9 Å². The van der Waals surface area contributed by atoms with Crippen LogP contribution in [0.25, 0.3) is 10.9 Å². The highest BCUT2D eigenvalue weighted by Gasteiger charge is 2.45. The van der Waals surface area contributed by atoms with E-state index in [0.29, 0.717) is 24.6 Å². The van der Waals surface area contributed by atoms with Gasteiger partial charge >= 0.3 is 5.97 Å². The van der Waals surface area contributed by atoms with Crippen LogP contribution in [-0.2, 0) is 10.3 Å². The van der Waals surface area contributed by atoms with E-state index < -0.39 is 11.5 Å². The Morgan fingerprint density at radius 1 is 1.21 bits per heavy atom. The molecule has 1 aliphatic heterocycles. The van der Waals surface area contributed by atoms with Crippen molar-refractivity contribution in [3.05, 3.63) is 64.8 Å². The zero-order valence-corrected chi connectivity index (χ0v) is 15.6. The van der Waals surface area contributed by atoms with Gasteiger partial charge in [-0.25, -0.2) is 9.48 Å². The molecule has 28 heavy (non-hydrogen) atoms. The fourth-order valence-corrected chi connectivity index (χ4v) is 4.07. The molecule has 1 aliphatic carbocycles. The van der Waals surface area contributed by atoms with E-state index in [0.717, 1.165) is 16.5 Å². The Labute approximate surface area is 162 Å². The topological polar surface area (TPSA) is 64.3 Å². The summed E-state index contributed by atoms with van der Waals surface area (Å²) in [5.41, 5.74) is 3.59. The molecule has 0 radical (unpaired) electrons. The van der Waals surface area contributed by atoms with Gasteiger partial charge in [-0.2, -0.15) is 5.10 Å². The van der Waals surface area contributed by atoms with Crippen LogP contribution in [0.5, 0.6) is 0 Å². The first-order valence-electron chi connectivity index (χ1n) is 9.49. The maximum atomic E-state index is 11.9. The van der Waals surface area contributed by atoms with E-state index in [9.17, 15) is 9.90 Å². The molecular formula is C23H20N2O3. The van der Waals surface area contributed by atoms with Crippen molar-refractivity contribution in [3.8, 4) is 11.8 Å². The van der Waals surface area contributed by atoms with E-state index in [4.69, 9.17) is 4.74 Å². The molecule has 5 heteroatoms. The Balaban J connectivity index is 1.71. The summed E-state index contributed by atoms with van der Waals surface area (Å²) in [5.74, 6) is 5.68. The number of ether oxygens (including phenoxy) is 1.